The molecule has 1 heterocycles. The van der Waals surface area contributed by atoms with Crippen LogP contribution in [0.5, 0.6) is 11.5 Å². The molecule has 0 saturated carbocycles. The third kappa shape index (κ3) is 3.01. The average Bonchev–Trinajstić information content (AvgIpc) is 2.53. The molecule has 21 heavy (non-hydrogen) atoms. The van der Waals surface area contributed by atoms with Gasteiger partial charge in [-0.05, 0) is 41.5 Å². The number of allylic oxidation sites excluding steroid dienone is 1. The quantitative estimate of drug-likeness (QED) is 0.617. The molecule has 0 bridgehead atoms. The summed E-state index contributed by atoms with van der Waals surface area (Å²) in [5.74, 6) is 1.45. The number of fused-ring (bicyclic) bond motifs is 1. The molecule has 0 aliphatic carbocycles. The van der Waals surface area contributed by atoms with Gasteiger partial charge in [0.2, 0.25) is 0 Å². The molecule has 1 aliphatic rings. The lowest BCUT2D eigenvalue weighted by Gasteiger charge is -2.18. The summed E-state index contributed by atoms with van der Waals surface area (Å²) in [4.78, 5) is 0. The van der Waals surface area contributed by atoms with E-state index in [1.165, 1.54) is 0 Å². The largest absolute Gasteiger partial charge is 0.486 e. The van der Waals surface area contributed by atoms with Crippen LogP contribution in [-0.2, 0) is 0 Å². The zero-order chi connectivity index (χ0) is 14.7. The predicted molar refractivity (Wildman–Crippen MR) is 82.4 cm³/mol. The SMILES string of the molecule is N#C/C(=C\c1ccc2c(c1)OCCO2)c1ccc(Cl)cc1. The second-order valence-electron chi connectivity index (χ2n) is 4.58. The molecule has 1 aliphatic heterocycles. The molecule has 4 heteroatoms. The molecule has 0 N–H and O–H groups in total. The van der Waals surface area contributed by atoms with E-state index in [9.17, 15) is 5.26 Å². The van der Waals surface area contributed by atoms with Crippen molar-refractivity contribution in [3.63, 3.8) is 0 Å². The number of nitriles is 1. The molecule has 0 aromatic heterocycles. The van der Waals surface area contributed by atoms with E-state index in [-0.39, 0.29) is 0 Å². The second kappa shape index (κ2) is 5.90. The highest BCUT2D eigenvalue weighted by atomic mass is 35.5. The molecule has 0 spiro atoms. The fraction of sp³-hybridized carbons (Fsp3) is 0.118. The molecule has 2 aromatic carbocycles. The van der Waals surface area contributed by atoms with Crippen LogP contribution >= 0.6 is 11.6 Å². The lowest BCUT2D eigenvalue weighted by molar-refractivity contribution is 0.171. The van der Waals surface area contributed by atoms with Gasteiger partial charge in [0.1, 0.15) is 13.2 Å². The molecule has 0 radical (unpaired) electrons. The van der Waals surface area contributed by atoms with Crippen LogP contribution in [0.3, 0.4) is 0 Å². The van der Waals surface area contributed by atoms with E-state index in [4.69, 9.17) is 21.1 Å². The highest BCUT2D eigenvalue weighted by Gasteiger charge is 2.11. The summed E-state index contributed by atoms with van der Waals surface area (Å²) in [6.45, 7) is 1.11. The number of hydrogen-bond acceptors (Lipinski definition) is 3. The van der Waals surface area contributed by atoms with Crippen molar-refractivity contribution in [2.45, 2.75) is 0 Å². The van der Waals surface area contributed by atoms with Crippen molar-refractivity contribution in [2.75, 3.05) is 13.2 Å². The molecular weight excluding hydrogens is 286 g/mol. The maximum Gasteiger partial charge on any atom is 0.161 e. The smallest absolute Gasteiger partial charge is 0.161 e. The van der Waals surface area contributed by atoms with Crippen molar-refractivity contribution in [1.29, 1.82) is 5.26 Å². The minimum absolute atomic E-state index is 0.544. The van der Waals surface area contributed by atoms with Gasteiger partial charge in [-0.3, -0.25) is 0 Å². The van der Waals surface area contributed by atoms with Gasteiger partial charge >= 0.3 is 0 Å². The van der Waals surface area contributed by atoms with Crippen LogP contribution in [0.25, 0.3) is 11.6 Å². The van der Waals surface area contributed by atoms with E-state index in [1.807, 2.05) is 36.4 Å². The van der Waals surface area contributed by atoms with Crippen LogP contribution in [0.4, 0.5) is 0 Å². The van der Waals surface area contributed by atoms with Gasteiger partial charge in [0, 0.05) is 5.02 Å². The summed E-state index contributed by atoms with van der Waals surface area (Å²) in [5, 5.41) is 9.99. The van der Waals surface area contributed by atoms with Crippen LogP contribution in [0, 0.1) is 11.3 Å². The van der Waals surface area contributed by atoms with Gasteiger partial charge in [0.05, 0.1) is 11.6 Å². The van der Waals surface area contributed by atoms with Gasteiger partial charge in [-0.2, -0.15) is 5.26 Å². The van der Waals surface area contributed by atoms with Crippen LogP contribution in [-0.4, -0.2) is 13.2 Å². The van der Waals surface area contributed by atoms with Gasteiger partial charge in [-0.25, -0.2) is 0 Å². The fourth-order valence-corrected chi connectivity index (χ4v) is 2.25. The molecule has 3 rings (SSSR count). The Balaban J connectivity index is 1.95. The lowest BCUT2D eigenvalue weighted by Crippen LogP contribution is -2.15. The minimum Gasteiger partial charge on any atom is -0.486 e. The number of benzene rings is 2. The standard InChI is InChI=1S/C17H12ClNO2/c18-15-4-2-13(3-5-15)14(11-19)9-12-1-6-16-17(10-12)21-8-7-20-16/h1-6,9-10H,7-8H2/b14-9+. The molecule has 2 aromatic rings. The molecule has 3 nitrogen and oxygen atoms in total. The van der Waals surface area contributed by atoms with Gasteiger partial charge < -0.3 is 9.47 Å². The van der Waals surface area contributed by atoms with Crippen molar-refractivity contribution in [1.82, 2.24) is 0 Å². The number of rotatable bonds is 2. The summed E-state index contributed by atoms with van der Waals surface area (Å²) in [6.07, 6.45) is 1.82. The first kappa shape index (κ1) is 13.5. The molecule has 0 saturated heterocycles. The summed E-state index contributed by atoms with van der Waals surface area (Å²) in [6, 6.07) is 15.0. The van der Waals surface area contributed by atoms with Crippen molar-refractivity contribution in [2.24, 2.45) is 0 Å². The van der Waals surface area contributed by atoms with Gasteiger partial charge in [0.15, 0.2) is 11.5 Å². The Labute approximate surface area is 128 Å². The summed E-state index contributed by atoms with van der Waals surface area (Å²) in [7, 11) is 0. The van der Waals surface area contributed by atoms with Crippen LogP contribution in [0.15, 0.2) is 42.5 Å². The highest BCUT2D eigenvalue weighted by molar-refractivity contribution is 6.30. The minimum atomic E-state index is 0.544. The van der Waals surface area contributed by atoms with Crippen molar-refractivity contribution < 1.29 is 9.47 Å². The van der Waals surface area contributed by atoms with Crippen LogP contribution < -0.4 is 9.47 Å². The van der Waals surface area contributed by atoms with E-state index in [2.05, 4.69) is 6.07 Å². The first-order chi connectivity index (χ1) is 10.3. The van der Waals surface area contributed by atoms with Crippen LogP contribution in [0.2, 0.25) is 5.02 Å². The molecule has 0 unspecified atom stereocenters. The van der Waals surface area contributed by atoms with Crippen molar-refractivity contribution in [3.8, 4) is 17.6 Å². The molecular formula is C17H12ClNO2. The highest BCUT2D eigenvalue weighted by Crippen LogP contribution is 2.32. The van der Waals surface area contributed by atoms with Gasteiger partial charge in [-0.1, -0.05) is 29.8 Å². The predicted octanol–water partition coefficient (Wildman–Crippen LogP) is 4.18. The van der Waals surface area contributed by atoms with E-state index in [0.29, 0.717) is 29.6 Å². The van der Waals surface area contributed by atoms with E-state index in [1.54, 1.807) is 12.1 Å². The molecule has 0 atom stereocenters. The number of halogens is 1. The fourth-order valence-electron chi connectivity index (χ4n) is 2.13. The Bertz CT molecular complexity index is 729. The summed E-state index contributed by atoms with van der Waals surface area (Å²) >= 11 is 5.87. The Hall–Kier alpha value is -2.44. The third-order valence-corrected chi connectivity index (χ3v) is 3.40. The Morgan fingerprint density at radius 1 is 1.05 bits per heavy atom. The third-order valence-electron chi connectivity index (χ3n) is 3.15. The van der Waals surface area contributed by atoms with E-state index < -0.39 is 0 Å². The van der Waals surface area contributed by atoms with Crippen LogP contribution in [0.1, 0.15) is 11.1 Å². The maximum absolute atomic E-state index is 9.34. The Kier molecular flexibility index (Phi) is 3.81. The topological polar surface area (TPSA) is 42.2 Å². The molecule has 0 fully saturated rings. The number of hydrogen-bond donors (Lipinski definition) is 0. The number of nitrogens with zero attached hydrogens (tertiary/aromatic N) is 1. The van der Waals surface area contributed by atoms with Crippen molar-refractivity contribution >= 4 is 23.3 Å². The Morgan fingerprint density at radius 3 is 2.48 bits per heavy atom. The first-order valence-corrected chi connectivity index (χ1v) is 6.91. The normalized spacial score (nSPS) is 13.6. The zero-order valence-electron chi connectivity index (χ0n) is 11.2. The summed E-state index contributed by atoms with van der Waals surface area (Å²) < 4.78 is 11.0. The maximum atomic E-state index is 9.34. The van der Waals surface area contributed by atoms with Gasteiger partial charge in [0.25, 0.3) is 0 Å². The molecule has 104 valence electrons. The summed E-state index contributed by atoms with van der Waals surface area (Å²) in [5.41, 5.74) is 2.30. The van der Waals surface area contributed by atoms with Crippen molar-refractivity contribution in [3.05, 3.63) is 58.6 Å². The Morgan fingerprint density at radius 2 is 1.76 bits per heavy atom. The van der Waals surface area contributed by atoms with E-state index in [0.717, 1.165) is 16.9 Å². The zero-order valence-corrected chi connectivity index (χ0v) is 11.9. The first-order valence-electron chi connectivity index (χ1n) is 6.53. The molecule has 0 amide bonds. The average molecular weight is 298 g/mol. The number of ether oxygens (including phenoxy) is 2. The monoisotopic (exact) mass is 297 g/mol. The lowest BCUT2D eigenvalue weighted by atomic mass is 10.0. The second-order valence-corrected chi connectivity index (χ2v) is 5.02. The van der Waals surface area contributed by atoms with Gasteiger partial charge in [-0.15, -0.1) is 0 Å². The van der Waals surface area contributed by atoms with E-state index >= 15 is 0 Å².